The van der Waals surface area contributed by atoms with Crippen LogP contribution in [0.3, 0.4) is 0 Å². The number of rotatable bonds is 3. The average Bonchev–Trinajstić information content (AvgIpc) is 2.93. The molecule has 0 aliphatic rings. The predicted molar refractivity (Wildman–Crippen MR) is 84.1 cm³/mol. The topological polar surface area (TPSA) is 56.7 Å². The van der Waals surface area contributed by atoms with Crippen LogP contribution in [0.15, 0.2) is 42.5 Å². The molecule has 0 spiro atoms. The van der Waals surface area contributed by atoms with E-state index in [0.717, 1.165) is 22.5 Å². The third kappa shape index (κ3) is 2.40. The average molecular weight is 296 g/mol. The Morgan fingerprint density at radius 3 is 2.64 bits per heavy atom. The molecular formula is C17H17FN4. The molecule has 2 N–H and O–H groups in total. The zero-order chi connectivity index (χ0) is 15.7. The molecule has 0 fully saturated rings. The Morgan fingerprint density at radius 1 is 1.14 bits per heavy atom. The van der Waals surface area contributed by atoms with Gasteiger partial charge in [0.05, 0.1) is 11.4 Å². The SMILES string of the molecule is Cc1cccc(-n2nnc(CN)c2-c2cccc(F)c2)c1C. The summed E-state index contributed by atoms with van der Waals surface area (Å²) in [6.45, 7) is 4.32. The molecule has 2 aromatic carbocycles. The molecule has 4 nitrogen and oxygen atoms in total. The third-order valence-corrected chi connectivity index (χ3v) is 3.84. The van der Waals surface area contributed by atoms with Gasteiger partial charge in [-0.3, -0.25) is 0 Å². The smallest absolute Gasteiger partial charge is 0.123 e. The normalized spacial score (nSPS) is 10.9. The van der Waals surface area contributed by atoms with Gasteiger partial charge in [0.15, 0.2) is 0 Å². The molecule has 0 amide bonds. The van der Waals surface area contributed by atoms with Gasteiger partial charge in [0.2, 0.25) is 0 Å². The highest BCUT2D eigenvalue weighted by Crippen LogP contribution is 2.27. The number of nitrogens with zero attached hydrogens (tertiary/aromatic N) is 3. The van der Waals surface area contributed by atoms with E-state index in [2.05, 4.69) is 10.3 Å². The van der Waals surface area contributed by atoms with Crippen LogP contribution in [0.5, 0.6) is 0 Å². The molecule has 0 aliphatic carbocycles. The van der Waals surface area contributed by atoms with E-state index in [0.29, 0.717) is 11.3 Å². The van der Waals surface area contributed by atoms with Crippen LogP contribution in [0.1, 0.15) is 16.8 Å². The summed E-state index contributed by atoms with van der Waals surface area (Å²) in [5.74, 6) is -0.297. The maximum absolute atomic E-state index is 13.6. The lowest BCUT2D eigenvalue weighted by molar-refractivity contribution is 0.628. The van der Waals surface area contributed by atoms with Crippen LogP contribution in [0.4, 0.5) is 4.39 Å². The molecule has 0 radical (unpaired) electrons. The van der Waals surface area contributed by atoms with Crippen molar-refractivity contribution < 1.29 is 4.39 Å². The number of halogens is 1. The standard InChI is InChI=1S/C17H17FN4/c1-11-5-3-8-16(12(11)2)22-17(15(10-19)20-21-22)13-6-4-7-14(18)9-13/h3-9H,10,19H2,1-2H3. The summed E-state index contributed by atoms with van der Waals surface area (Å²) >= 11 is 0. The Morgan fingerprint density at radius 2 is 1.91 bits per heavy atom. The number of hydrogen-bond acceptors (Lipinski definition) is 3. The molecule has 0 unspecified atom stereocenters. The Kier molecular flexibility index (Phi) is 3.73. The van der Waals surface area contributed by atoms with Crippen LogP contribution >= 0.6 is 0 Å². The van der Waals surface area contributed by atoms with Crippen LogP contribution in [0.2, 0.25) is 0 Å². The van der Waals surface area contributed by atoms with E-state index in [1.54, 1.807) is 10.7 Å². The molecule has 1 heterocycles. The Bertz CT molecular complexity index is 823. The Labute approximate surface area is 128 Å². The minimum absolute atomic E-state index is 0.247. The molecular weight excluding hydrogens is 279 g/mol. The monoisotopic (exact) mass is 296 g/mol. The molecule has 1 aromatic heterocycles. The summed E-state index contributed by atoms with van der Waals surface area (Å²) in [6, 6.07) is 12.4. The van der Waals surface area contributed by atoms with Crippen molar-refractivity contribution in [2.45, 2.75) is 20.4 Å². The van der Waals surface area contributed by atoms with Gasteiger partial charge in [-0.1, -0.05) is 29.5 Å². The van der Waals surface area contributed by atoms with E-state index >= 15 is 0 Å². The molecule has 3 aromatic rings. The zero-order valence-corrected chi connectivity index (χ0v) is 12.5. The van der Waals surface area contributed by atoms with Gasteiger partial charge in [0, 0.05) is 12.1 Å². The Balaban J connectivity index is 2.26. The van der Waals surface area contributed by atoms with E-state index in [9.17, 15) is 4.39 Å². The number of benzene rings is 2. The fourth-order valence-electron chi connectivity index (χ4n) is 2.51. The van der Waals surface area contributed by atoms with Crippen LogP contribution in [-0.2, 0) is 6.54 Å². The molecule has 5 heteroatoms. The molecule has 0 saturated carbocycles. The highest BCUT2D eigenvalue weighted by atomic mass is 19.1. The summed E-state index contributed by atoms with van der Waals surface area (Å²) in [6.07, 6.45) is 0. The molecule has 22 heavy (non-hydrogen) atoms. The van der Waals surface area contributed by atoms with E-state index in [-0.39, 0.29) is 12.4 Å². The lowest BCUT2D eigenvalue weighted by Gasteiger charge is -2.12. The first-order chi connectivity index (χ1) is 10.6. The minimum atomic E-state index is -0.297. The first-order valence-electron chi connectivity index (χ1n) is 7.09. The zero-order valence-electron chi connectivity index (χ0n) is 12.5. The van der Waals surface area contributed by atoms with E-state index in [1.165, 1.54) is 12.1 Å². The first kappa shape index (κ1) is 14.4. The number of hydrogen-bond donors (Lipinski definition) is 1. The summed E-state index contributed by atoms with van der Waals surface area (Å²) < 4.78 is 15.3. The number of aromatic nitrogens is 3. The van der Waals surface area contributed by atoms with Crippen LogP contribution in [-0.4, -0.2) is 15.0 Å². The third-order valence-electron chi connectivity index (χ3n) is 3.84. The summed E-state index contributed by atoms with van der Waals surface area (Å²) in [5, 5.41) is 8.38. The van der Waals surface area contributed by atoms with Gasteiger partial charge in [-0.15, -0.1) is 5.10 Å². The number of aryl methyl sites for hydroxylation is 1. The Hall–Kier alpha value is -2.53. The summed E-state index contributed by atoms with van der Waals surface area (Å²) in [4.78, 5) is 0. The molecule has 112 valence electrons. The minimum Gasteiger partial charge on any atom is -0.325 e. The van der Waals surface area contributed by atoms with Crippen molar-refractivity contribution in [1.29, 1.82) is 0 Å². The van der Waals surface area contributed by atoms with Gasteiger partial charge >= 0.3 is 0 Å². The van der Waals surface area contributed by atoms with Crippen molar-refractivity contribution in [2.24, 2.45) is 5.73 Å². The van der Waals surface area contributed by atoms with Gasteiger partial charge in [-0.2, -0.15) is 0 Å². The molecule has 0 saturated heterocycles. The fraction of sp³-hybridized carbons (Fsp3) is 0.176. The van der Waals surface area contributed by atoms with E-state index < -0.39 is 0 Å². The van der Waals surface area contributed by atoms with Crippen molar-refractivity contribution >= 4 is 0 Å². The van der Waals surface area contributed by atoms with Crippen LogP contribution in [0, 0.1) is 19.7 Å². The molecule has 0 aliphatic heterocycles. The van der Waals surface area contributed by atoms with Gasteiger partial charge in [-0.05, 0) is 43.2 Å². The highest BCUT2D eigenvalue weighted by Gasteiger charge is 2.17. The fourth-order valence-corrected chi connectivity index (χ4v) is 2.51. The summed E-state index contributed by atoms with van der Waals surface area (Å²) in [5.41, 5.74) is 11.1. The molecule has 0 bridgehead atoms. The first-order valence-corrected chi connectivity index (χ1v) is 7.09. The second-order valence-electron chi connectivity index (χ2n) is 5.23. The van der Waals surface area contributed by atoms with Crippen molar-refractivity contribution in [3.05, 3.63) is 65.1 Å². The van der Waals surface area contributed by atoms with Crippen LogP contribution in [0.25, 0.3) is 16.9 Å². The van der Waals surface area contributed by atoms with Crippen molar-refractivity contribution in [3.8, 4) is 16.9 Å². The molecule has 0 atom stereocenters. The summed E-state index contributed by atoms with van der Waals surface area (Å²) in [7, 11) is 0. The van der Waals surface area contributed by atoms with Crippen molar-refractivity contribution in [3.63, 3.8) is 0 Å². The van der Waals surface area contributed by atoms with Gasteiger partial charge in [0.1, 0.15) is 11.5 Å². The van der Waals surface area contributed by atoms with Gasteiger partial charge < -0.3 is 5.73 Å². The van der Waals surface area contributed by atoms with Crippen molar-refractivity contribution in [1.82, 2.24) is 15.0 Å². The lowest BCUT2D eigenvalue weighted by atomic mass is 10.1. The molecule has 3 rings (SSSR count). The second kappa shape index (κ2) is 5.69. The van der Waals surface area contributed by atoms with Gasteiger partial charge in [-0.25, -0.2) is 9.07 Å². The van der Waals surface area contributed by atoms with Gasteiger partial charge in [0.25, 0.3) is 0 Å². The second-order valence-corrected chi connectivity index (χ2v) is 5.23. The lowest BCUT2D eigenvalue weighted by Crippen LogP contribution is -2.05. The maximum atomic E-state index is 13.6. The number of nitrogens with two attached hydrogens (primary N) is 1. The van der Waals surface area contributed by atoms with E-state index in [1.807, 2.05) is 38.1 Å². The largest absolute Gasteiger partial charge is 0.325 e. The quantitative estimate of drug-likeness (QED) is 0.807. The van der Waals surface area contributed by atoms with Crippen molar-refractivity contribution in [2.75, 3.05) is 0 Å². The predicted octanol–water partition coefficient (Wildman–Crippen LogP) is 3.15. The highest BCUT2D eigenvalue weighted by molar-refractivity contribution is 5.65. The van der Waals surface area contributed by atoms with Crippen LogP contribution < -0.4 is 5.73 Å². The maximum Gasteiger partial charge on any atom is 0.123 e. The van der Waals surface area contributed by atoms with E-state index in [4.69, 9.17) is 5.73 Å².